The predicted octanol–water partition coefficient (Wildman–Crippen LogP) is 4.72. The zero-order chi connectivity index (χ0) is 22.0. The highest BCUT2D eigenvalue weighted by atomic mass is 16.2. The maximum Gasteiger partial charge on any atom is 0.278 e. The van der Waals surface area contributed by atoms with Crippen molar-refractivity contribution in [2.75, 3.05) is 7.05 Å². The van der Waals surface area contributed by atoms with Gasteiger partial charge in [-0.2, -0.15) is 0 Å². The van der Waals surface area contributed by atoms with Gasteiger partial charge < -0.3 is 4.90 Å². The van der Waals surface area contributed by atoms with Gasteiger partial charge >= 0.3 is 0 Å². The van der Waals surface area contributed by atoms with Crippen LogP contribution >= 0.6 is 0 Å². The lowest BCUT2D eigenvalue weighted by molar-refractivity contribution is -0.138. The first-order valence-electron chi connectivity index (χ1n) is 10.4. The number of nitrogens with zero attached hydrogens (tertiary/aromatic N) is 2. The number of hydrogen-bond acceptors (Lipinski definition) is 3. The van der Waals surface area contributed by atoms with Crippen molar-refractivity contribution in [1.82, 2.24) is 9.80 Å². The normalized spacial score (nSPS) is 13.8. The molecule has 1 aliphatic heterocycles. The Bertz CT molecular complexity index is 1130. The standard InChI is InChI=1S/C27H26N2O2/c1-19-9-13-22(14-10-19)18-29-26(30)24(23-15-11-20(2)12-16-23)25(27(29)31)28(3)17-21-7-5-4-6-8-21/h4-16H,17-18H2,1-3H3. The molecule has 0 aromatic heterocycles. The molecule has 0 bridgehead atoms. The fraction of sp³-hybridized carbons (Fsp3) is 0.185. The van der Waals surface area contributed by atoms with Crippen molar-refractivity contribution in [3.63, 3.8) is 0 Å². The Kier molecular flexibility index (Phi) is 5.72. The van der Waals surface area contributed by atoms with Gasteiger partial charge in [0, 0.05) is 13.6 Å². The van der Waals surface area contributed by atoms with E-state index in [1.54, 1.807) is 0 Å². The molecule has 4 heteroatoms. The van der Waals surface area contributed by atoms with Gasteiger partial charge in [-0.3, -0.25) is 14.5 Å². The smallest absolute Gasteiger partial charge is 0.278 e. The molecule has 3 aromatic rings. The number of aryl methyl sites for hydroxylation is 2. The molecule has 0 atom stereocenters. The average Bonchev–Trinajstić information content (AvgIpc) is 3.01. The van der Waals surface area contributed by atoms with Crippen LogP contribution in [0.15, 0.2) is 84.6 Å². The SMILES string of the molecule is Cc1ccc(CN2C(=O)C(c3ccc(C)cc3)=C(N(C)Cc3ccccc3)C2=O)cc1. The third-order valence-electron chi connectivity index (χ3n) is 5.59. The largest absolute Gasteiger partial charge is 0.365 e. The number of carbonyl (C=O) groups is 2. The Morgan fingerprint density at radius 1 is 0.710 bits per heavy atom. The van der Waals surface area contributed by atoms with Crippen molar-refractivity contribution in [3.05, 3.63) is 112 Å². The highest BCUT2D eigenvalue weighted by Crippen LogP contribution is 2.33. The minimum atomic E-state index is -0.250. The summed E-state index contributed by atoms with van der Waals surface area (Å²) in [5.74, 6) is -0.496. The van der Waals surface area contributed by atoms with E-state index in [4.69, 9.17) is 0 Å². The molecule has 0 saturated heterocycles. The van der Waals surface area contributed by atoms with E-state index in [0.717, 1.165) is 27.8 Å². The molecule has 0 saturated carbocycles. The minimum absolute atomic E-state index is 0.246. The molecular formula is C27H26N2O2. The number of carbonyl (C=O) groups excluding carboxylic acids is 2. The first-order valence-corrected chi connectivity index (χ1v) is 10.4. The van der Waals surface area contributed by atoms with Gasteiger partial charge in [0.2, 0.25) is 0 Å². The highest BCUT2D eigenvalue weighted by Gasteiger charge is 2.40. The summed E-state index contributed by atoms with van der Waals surface area (Å²) in [5, 5.41) is 0. The maximum atomic E-state index is 13.5. The maximum absolute atomic E-state index is 13.5. The average molecular weight is 411 g/mol. The monoisotopic (exact) mass is 410 g/mol. The second-order valence-corrected chi connectivity index (χ2v) is 8.11. The third kappa shape index (κ3) is 4.29. The topological polar surface area (TPSA) is 40.6 Å². The lowest BCUT2D eigenvalue weighted by atomic mass is 10.0. The minimum Gasteiger partial charge on any atom is -0.365 e. The van der Waals surface area contributed by atoms with Gasteiger partial charge in [-0.25, -0.2) is 0 Å². The Morgan fingerprint density at radius 2 is 1.29 bits per heavy atom. The zero-order valence-corrected chi connectivity index (χ0v) is 18.1. The molecule has 31 heavy (non-hydrogen) atoms. The third-order valence-corrected chi connectivity index (χ3v) is 5.59. The number of rotatable bonds is 6. The molecule has 1 heterocycles. The van der Waals surface area contributed by atoms with E-state index >= 15 is 0 Å². The Labute approximate surface area is 183 Å². The van der Waals surface area contributed by atoms with Gasteiger partial charge in [0.15, 0.2) is 0 Å². The summed E-state index contributed by atoms with van der Waals surface area (Å²) >= 11 is 0. The van der Waals surface area contributed by atoms with Crippen LogP contribution in [0.4, 0.5) is 0 Å². The van der Waals surface area contributed by atoms with Crippen molar-refractivity contribution < 1.29 is 9.59 Å². The van der Waals surface area contributed by atoms with Gasteiger partial charge in [0.05, 0.1) is 12.1 Å². The van der Waals surface area contributed by atoms with Crippen LogP contribution in [0.5, 0.6) is 0 Å². The first-order chi connectivity index (χ1) is 14.9. The number of hydrogen-bond donors (Lipinski definition) is 0. The molecule has 4 nitrogen and oxygen atoms in total. The van der Waals surface area contributed by atoms with E-state index in [1.807, 2.05) is 105 Å². The van der Waals surface area contributed by atoms with Crippen molar-refractivity contribution in [1.29, 1.82) is 0 Å². The molecule has 156 valence electrons. The van der Waals surface area contributed by atoms with E-state index in [0.29, 0.717) is 17.8 Å². The van der Waals surface area contributed by atoms with E-state index in [2.05, 4.69) is 0 Å². The summed E-state index contributed by atoms with van der Waals surface area (Å²) in [6.07, 6.45) is 0. The van der Waals surface area contributed by atoms with Gasteiger partial charge in [0.1, 0.15) is 5.70 Å². The van der Waals surface area contributed by atoms with E-state index in [1.165, 1.54) is 4.90 Å². The summed E-state index contributed by atoms with van der Waals surface area (Å²) < 4.78 is 0. The van der Waals surface area contributed by atoms with E-state index < -0.39 is 0 Å². The fourth-order valence-electron chi connectivity index (χ4n) is 3.85. The van der Waals surface area contributed by atoms with Crippen molar-refractivity contribution in [2.45, 2.75) is 26.9 Å². The zero-order valence-electron chi connectivity index (χ0n) is 18.1. The number of amides is 2. The van der Waals surface area contributed by atoms with Crippen molar-refractivity contribution in [2.24, 2.45) is 0 Å². The van der Waals surface area contributed by atoms with E-state index in [9.17, 15) is 9.59 Å². The molecule has 3 aromatic carbocycles. The lowest BCUT2D eigenvalue weighted by Crippen LogP contribution is -2.33. The van der Waals surface area contributed by atoms with Crippen LogP contribution in [0.3, 0.4) is 0 Å². The van der Waals surface area contributed by atoms with Gasteiger partial charge in [0.25, 0.3) is 11.8 Å². The van der Waals surface area contributed by atoms with Crippen molar-refractivity contribution >= 4 is 17.4 Å². The summed E-state index contributed by atoms with van der Waals surface area (Å²) in [7, 11) is 1.87. The van der Waals surface area contributed by atoms with Crippen LogP contribution in [-0.2, 0) is 22.7 Å². The van der Waals surface area contributed by atoms with Crippen LogP contribution in [0.1, 0.15) is 27.8 Å². The highest BCUT2D eigenvalue weighted by molar-refractivity contribution is 6.35. The molecule has 4 rings (SSSR count). The van der Waals surface area contributed by atoms with E-state index in [-0.39, 0.29) is 18.4 Å². The lowest BCUT2D eigenvalue weighted by Gasteiger charge is -2.21. The second-order valence-electron chi connectivity index (χ2n) is 8.11. The van der Waals surface area contributed by atoms with Crippen molar-refractivity contribution in [3.8, 4) is 0 Å². The Morgan fingerprint density at radius 3 is 1.90 bits per heavy atom. The van der Waals surface area contributed by atoms with Crippen LogP contribution in [0.2, 0.25) is 0 Å². The second kappa shape index (κ2) is 8.60. The molecule has 0 fully saturated rings. The number of likely N-dealkylation sites (N-methyl/N-ethyl adjacent to an activating group) is 1. The molecule has 1 aliphatic rings. The molecule has 0 N–H and O–H groups in total. The van der Waals surface area contributed by atoms with Crippen LogP contribution in [0.25, 0.3) is 5.57 Å². The van der Waals surface area contributed by atoms with Gasteiger partial charge in [-0.15, -0.1) is 0 Å². The Balaban J connectivity index is 1.71. The quantitative estimate of drug-likeness (QED) is 0.553. The molecule has 2 amide bonds. The first kappa shape index (κ1) is 20.6. The number of benzene rings is 3. The summed E-state index contributed by atoms with van der Waals surface area (Å²) in [5.41, 5.74) is 5.95. The van der Waals surface area contributed by atoms with Crippen LogP contribution in [0, 0.1) is 13.8 Å². The molecule has 0 spiro atoms. The summed E-state index contributed by atoms with van der Waals surface area (Å²) in [4.78, 5) is 30.2. The molecule has 0 aliphatic carbocycles. The summed E-state index contributed by atoms with van der Waals surface area (Å²) in [6.45, 7) is 4.83. The van der Waals surface area contributed by atoms with Crippen LogP contribution < -0.4 is 0 Å². The van der Waals surface area contributed by atoms with Crippen LogP contribution in [-0.4, -0.2) is 28.7 Å². The number of imide groups is 1. The summed E-state index contributed by atoms with van der Waals surface area (Å²) in [6, 6.07) is 25.7. The Hall–Kier alpha value is -3.66. The predicted molar refractivity (Wildman–Crippen MR) is 123 cm³/mol. The fourth-order valence-corrected chi connectivity index (χ4v) is 3.85. The molecule has 0 unspecified atom stereocenters. The molecular weight excluding hydrogens is 384 g/mol. The van der Waals surface area contributed by atoms with Gasteiger partial charge in [-0.1, -0.05) is 90.0 Å². The van der Waals surface area contributed by atoms with Gasteiger partial charge in [-0.05, 0) is 30.5 Å². The molecule has 0 radical (unpaired) electrons.